The summed E-state index contributed by atoms with van der Waals surface area (Å²) in [7, 11) is 0. The fourth-order valence-electron chi connectivity index (χ4n) is 0.263. The van der Waals surface area contributed by atoms with Gasteiger partial charge in [-0.15, -0.1) is 0 Å². The van der Waals surface area contributed by atoms with Gasteiger partial charge in [0.2, 0.25) is 0 Å². The van der Waals surface area contributed by atoms with Crippen molar-refractivity contribution >= 4 is 18.6 Å². The van der Waals surface area contributed by atoms with Crippen molar-refractivity contribution in [3.8, 4) is 0 Å². The minimum Gasteiger partial charge on any atom is -0.480 e. The summed E-state index contributed by atoms with van der Waals surface area (Å²) in [5, 5.41) is 8.15. The van der Waals surface area contributed by atoms with Crippen molar-refractivity contribution in [3.63, 3.8) is 0 Å². The van der Waals surface area contributed by atoms with Crippen LogP contribution in [0.4, 0.5) is 0 Å². The molecule has 5 heteroatoms. The summed E-state index contributed by atoms with van der Waals surface area (Å²) in [6.07, 6.45) is 0.429. The first-order valence-electron chi connectivity index (χ1n) is 2.27. The van der Waals surface area contributed by atoms with Crippen LogP contribution in [0.2, 0.25) is 0 Å². The predicted octanol–water partition coefficient (Wildman–Crippen LogP) is -0.284. The molecule has 0 aromatic heterocycles. The summed E-state index contributed by atoms with van der Waals surface area (Å²) < 4.78 is 0. The van der Waals surface area contributed by atoms with Gasteiger partial charge in [0.15, 0.2) is 0 Å². The second-order valence-electron chi connectivity index (χ2n) is 1.46. The average Bonchev–Trinajstić information content (AvgIpc) is 1.67. The minimum absolute atomic E-state index is 0. The third kappa shape index (κ3) is 6.17. The molecule has 0 aliphatic carbocycles. The van der Waals surface area contributed by atoms with Gasteiger partial charge in [0.05, 0.1) is 0 Å². The maximum atomic E-state index is 9.93. The van der Waals surface area contributed by atoms with Crippen LogP contribution in [0.25, 0.3) is 0 Å². The van der Waals surface area contributed by atoms with E-state index in [0.29, 0.717) is 12.2 Å². The molecule has 0 heterocycles. The third-order valence-corrected chi connectivity index (χ3v) is 1.02. The van der Waals surface area contributed by atoms with Crippen LogP contribution in [0.15, 0.2) is 0 Å². The first-order chi connectivity index (χ1) is 3.68. The molecule has 9 heavy (non-hydrogen) atoms. The fourth-order valence-corrected chi connectivity index (χ4v) is 0.541. The van der Waals surface area contributed by atoms with Crippen molar-refractivity contribution < 1.29 is 26.7 Å². The van der Waals surface area contributed by atoms with Gasteiger partial charge in [0, 0.05) is 16.8 Å². The van der Waals surface area contributed by atoms with Crippen LogP contribution < -0.4 is 5.73 Å². The van der Waals surface area contributed by atoms with E-state index in [4.69, 9.17) is 10.8 Å². The Morgan fingerprint density at radius 3 is 2.33 bits per heavy atom. The Labute approximate surface area is 69.6 Å². The number of carbonyl (C=O) groups is 1. The molecule has 0 saturated carbocycles. The summed E-state index contributed by atoms with van der Waals surface area (Å²) in [4.78, 5) is 9.93. The molecule has 3 nitrogen and oxygen atoms in total. The summed E-state index contributed by atoms with van der Waals surface area (Å²) in [6, 6.07) is -0.743. The van der Waals surface area contributed by atoms with Crippen LogP contribution in [0.1, 0.15) is 6.42 Å². The molecule has 1 atom stereocenters. The van der Waals surface area contributed by atoms with E-state index < -0.39 is 12.0 Å². The number of nitrogens with two attached hydrogens (primary N) is 1. The average molecular weight is 194 g/mol. The van der Waals surface area contributed by atoms with E-state index >= 15 is 0 Å². The van der Waals surface area contributed by atoms with Gasteiger partial charge in [-0.1, -0.05) is 0 Å². The monoisotopic (exact) mass is 194 g/mol. The molecule has 0 bridgehead atoms. The van der Waals surface area contributed by atoms with Crippen molar-refractivity contribution in [1.82, 2.24) is 0 Å². The third-order valence-electron chi connectivity index (χ3n) is 0.757. The second-order valence-corrected chi connectivity index (χ2v) is 1.90. The van der Waals surface area contributed by atoms with Crippen molar-refractivity contribution in [2.45, 2.75) is 12.5 Å². The molecule has 57 valence electrons. The molecule has 0 aromatic carbocycles. The normalized spacial score (nSPS) is 11.8. The van der Waals surface area contributed by atoms with Gasteiger partial charge >= 0.3 is 5.97 Å². The van der Waals surface area contributed by atoms with Crippen LogP contribution in [-0.2, 0) is 21.6 Å². The Morgan fingerprint density at radius 1 is 1.78 bits per heavy atom. The number of hydrogen-bond donors (Lipinski definition) is 3. The Balaban J connectivity index is 0. The summed E-state index contributed by atoms with van der Waals surface area (Å²) >= 11 is 3.81. The molecule has 0 saturated heterocycles. The maximum Gasteiger partial charge on any atom is 0.320 e. The van der Waals surface area contributed by atoms with Gasteiger partial charge in [-0.3, -0.25) is 4.79 Å². The molecule has 0 spiro atoms. The molecule has 0 aliphatic rings. The number of aliphatic carboxylic acids is 1. The van der Waals surface area contributed by atoms with Crippen LogP contribution in [0.5, 0.6) is 0 Å². The van der Waals surface area contributed by atoms with E-state index in [-0.39, 0.29) is 16.8 Å². The fraction of sp³-hybridized carbons (Fsp3) is 0.750. The Hall–Kier alpha value is 0.286. The van der Waals surface area contributed by atoms with E-state index in [1.807, 2.05) is 0 Å². The zero-order valence-electron chi connectivity index (χ0n) is 4.70. The minimum atomic E-state index is -0.959. The molecule has 3 N–H and O–H groups in total. The molecule has 0 rings (SSSR count). The van der Waals surface area contributed by atoms with E-state index in [1.165, 1.54) is 0 Å². The van der Waals surface area contributed by atoms with Gasteiger partial charge < -0.3 is 10.8 Å². The van der Waals surface area contributed by atoms with Gasteiger partial charge in [0.1, 0.15) is 6.04 Å². The molecule has 0 amide bonds. The molecule has 0 unspecified atom stereocenters. The number of thiol groups is 1. The molecule has 0 fully saturated rings. The molecular formula is C4H9CoNO2S. The maximum absolute atomic E-state index is 9.93. The Bertz CT molecular complexity index is 90.6. The number of hydrogen-bond acceptors (Lipinski definition) is 3. The van der Waals surface area contributed by atoms with E-state index in [2.05, 4.69) is 12.6 Å². The molecule has 1 radical (unpaired) electrons. The standard InChI is InChI=1S/C4H9NO2S.Co/c5-3(1-2-8)4(6)7;/h3,8H,1-2,5H2,(H,6,7);/t3-;/m0./s1. The number of carboxylic acid groups (broad SMARTS) is 1. The smallest absolute Gasteiger partial charge is 0.320 e. The van der Waals surface area contributed by atoms with Crippen LogP contribution >= 0.6 is 12.6 Å². The SMILES string of the molecule is N[C@@H](CCS)C(=O)O.[Co]. The van der Waals surface area contributed by atoms with E-state index in [0.717, 1.165) is 0 Å². The van der Waals surface area contributed by atoms with Gasteiger partial charge in [-0.05, 0) is 12.2 Å². The van der Waals surface area contributed by atoms with Crippen LogP contribution in [0, 0.1) is 0 Å². The van der Waals surface area contributed by atoms with Gasteiger partial charge in [-0.2, -0.15) is 12.6 Å². The van der Waals surface area contributed by atoms with E-state index in [9.17, 15) is 4.79 Å². The first-order valence-corrected chi connectivity index (χ1v) is 2.91. The van der Waals surface area contributed by atoms with Crippen molar-refractivity contribution in [3.05, 3.63) is 0 Å². The summed E-state index contributed by atoms with van der Waals surface area (Å²) in [6.45, 7) is 0. The molecular weight excluding hydrogens is 185 g/mol. The van der Waals surface area contributed by atoms with Crippen LogP contribution in [-0.4, -0.2) is 22.9 Å². The number of rotatable bonds is 3. The number of carboxylic acids is 1. The molecule has 0 aromatic rings. The molecule has 0 aliphatic heterocycles. The van der Waals surface area contributed by atoms with Crippen LogP contribution in [0.3, 0.4) is 0 Å². The Kier molecular flexibility index (Phi) is 8.55. The quantitative estimate of drug-likeness (QED) is 0.541. The predicted molar refractivity (Wildman–Crippen MR) is 34.1 cm³/mol. The first kappa shape index (κ1) is 12.0. The summed E-state index contributed by atoms with van der Waals surface area (Å²) in [5.41, 5.74) is 5.08. The zero-order chi connectivity index (χ0) is 6.57. The Morgan fingerprint density at radius 2 is 2.22 bits per heavy atom. The van der Waals surface area contributed by atoms with Gasteiger partial charge in [0.25, 0.3) is 0 Å². The van der Waals surface area contributed by atoms with Crippen molar-refractivity contribution in [2.75, 3.05) is 5.75 Å². The summed E-state index contributed by atoms with van der Waals surface area (Å²) in [5.74, 6) is -0.438. The van der Waals surface area contributed by atoms with Crippen molar-refractivity contribution in [1.29, 1.82) is 0 Å². The zero-order valence-corrected chi connectivity index (χ0v) is 6.64. The largest absolute Gasteiger partial charge is 0.480 e. The van der Waals surface area contributed by atoms with Gasteiger partial charge in [-0.25, -0.2) is 0 Å². The van der Waals surface area contributed by atoms with Crippen molar-refractivity contribution in [2.24, 2.45) is 5.73 Å². The topological polar surface area (TPSA) is 63.3 Å². The van der Waals surface area contributed by atoms with E-state index in [1.54, 1.807) is 0 Å². The second kappa shape index (κ2) is 6.41.